The van der Waals surface area contributed by atoms with Crippen molar-refractivity contribution in [3.05, 3.63) is 102 Å². The second-order valence-electron chi connectivity index (χ2n) is 7.58. The fourth-order valence-electron chi connectivity index (χ4n) is 3.91. The average Bonchev–Trinajstić information content (AvgIpc) is 3.52. The number of aromatic nitrogens is 5. The number of fused-ring (bicyclic) bond motifs is 1. The smallest absolute Gasteiger partial charge is 0.269 e. The van der Waals surface area contributed by atoms with E-state index >= 15 is 0 Å². The van der Waals surface area contributed by atoms with E-state index in [9.17, 15) is 4.79 Å². The normalized spacial score (nSPS) is 11.0. The summed E-state index contributed by atoms with van der Waals surface area (Å²) in [6.07, 6.45) is 6.61. The van der Waals surface area contributed by atoms with E-state index in [4.69, 9.17) is 0 Å². The number of nitrogens with zero attached hydrogens (tertiary/aromatic N) is 3. The first kappa shape index (κ1) is 19.7. The average molecular weight is 422 g/mol. The number of carbonyl (C=O) groups is 1. The maximum atomic E-state index is 12.1. The van der Waals surface area contributed by atoms with Gasteiger partial charge in [-0.3, -0.25) is 9.89 Å². The summed E-state index contributed by atoms with van der Waals surface area (Å²) in [5, 5.41) is 10.5. The highest BCUT2D eigenvalue weighted by Gasteiger charge is 2.10. The lowest BCUT2D eigenvalue weighted by Crippen LogP contribution is -2.26. The zero-order valence-corrected chi connectivity index (χ0v) is 17.4. The van der Waals surface area contributed by atoms with Gasteiger partial charge in [0, 0.05) is 29.9 Å². The number of hydrogen-bond acceptors (Lipinski definition) is 4. The van der Waals surface area contributed by atoms with Crippen molar-refractivity contribution in [2.24, 2.45) is 0 Å². The van der Waals surface area contributed by atoms with E-state index in [-0.39, 0.29) is 5.91 Å². The van der Waals surface area contributed by atoms with Gasteiger partial charge in [0.1, 0.15) is 17.7 Å². The molecule has 2 aromatic carbocycles. The molecule has 5 rings (SSSR count). The minimum absolute atomic E-state index is 0.145. The largest absolute Gasteiger partial charge is 0.350 e. The summed E-state index contributed by atoms with van der Waals surface area (Å²) in [5.74, 6) is -0.145. The lowest BCUT2D eigenvalue weighted by Gasteiger charge is -2.11. The summed E-state index contributed by atoms with van der Waals surface area (Å²) in [6.45, 7) is 0.557. The summed E-state index contributed by atoms with van der Waals surface area (Å²) < 4.78 is 0. The summed E-state index contributed by atoms with van der Waals surface area (Å²) in [4.78, 5) is 24.1. The predicted molar refractivity (Wildman–Crippen MR) is 123 cm³/mol. The van der Waals surface area contributed by atoms with Gasteiger partial charge in [0.15, 0.2) is 0 Å². The Balaban J connectivity index is 1.32. The van der Waals surface area contributed by atoms with Gasteiger partial charge in [-0.15, -0.1) is 0 Å². The molecule has 3 aromatic heterocycles. The molecule has 0 unspecified atom stereocenters. The van der Waals surface area contributed by atoms with Gasteiger partial charge in [0.25, 0.3) is 5.91 Å². The highest BCUT2D eigenvalue weighted by Crippen LogP contribution is 2.26. The van der Waals surface area contributed by atoms with Crippen LogP contribution in [0.15, 0.2) is 79.4 Å². The fourth-order valence-corrected chi connectivity index (χ4v) is 3.91. The van der Waals surface area contributed by atoms with Gasteiger partial charge < -0.3 is 10.3 Å². The molecule has 7 nitrogen and oxygen atoms in total. The molecule has 0 bridgehead atoms. The Bertz CT molecular complexity index is 1360. The molecule has 0 saturated carbocycles. The minimum atomic E-state index is -0.145. The molecule has 0 spiro atoms. The van der Waals surface area contributed by atoms with Crippen molar-refractivity contribution in [1.29, 1.82) is 0 Å². The highest BCUT2D eigenvalue weighted by molar-refractivity contribution is 5.92. The molecule has 3 N–H and O–H groups in total. The third-order valence-corrected chi connectivity index (χ3v) is 5.49. The number of hydrogen-bond donors (Lipinski definition) is 3. The summed E-state index contributed by atoms with van der Waals surface area (Å²) >= 11 is 0. The number of rotatable bonds is 7. The maximum Gasteiger partial charge on any atom is 0.269 e. The first-order valence-corrected chi connectivity index (χ1v) is 10.5. The van der Waals surface area contributed by atoms with Gasteiger partial charge in [-0.2, -0.15) is 5.10 Å². The minimum Gasteiger partial charge on any atom is -0.350 e. The highest BCUT2D eigenvalue weighted by atomic mass is 16.1. The van der Waals surface area contributed by atoms with Crippen molar-refractivity contribution in [3.8, 4) is 11.3 Å². The van der Waals surface area contributed by atoms with Crippen LogP contribution in [0, 0.1) is 0 Å². The van der Waals surface area contributed by atoms with Crippen molar-refractivity contribution in [1.82, 2.24) is 30.5 Å². The summed E-state index contributed by atoms with van der Waals surface area (Å²) in [7, 11) is 0. The lowest BCUT2D eigenvalue weighted by atomic mass is 9.96. The van der Waals surface area contributed by atoms with E-state index in [0.29, 0.717) is 12.2 Å². The van der Waals surface area contributed by atoms with E-state index in [1.54, 1.807) is 18.6 Å². The molecule has 3 heterocycles. The summed E-state index contributed by atoms with van der Waals surface area (Å²) in [6, 6.07) is 20.5. The Hall–Kier alpha value is -4.26. The van der Waals surface area contributed by atoms with Crippen molar-refractivity contribution in [2.45, 2.75) is 12.8 Å². The van der Waals surface area contributed by atoms with Gasteiger partial charge in [-0.05, 0) is 47.7 Å². The Morgan fingerprint density at radius 2 is 1.88 bits per heavy atom. The number of aromatic amines is 2. The Labute approximate surface area is 185 Å². The standard InChI is InChI=1S/C25H22N6O/c32-25(22-10-13-30-31-22)27-11-8-18-5-1-2-6-19(18)14-17-4-3-7-20(15-17)23-21-9-12-26-24(21)29-16-28-23/h1-7,9-10,12-13,15-16H,8,11,14H2,(H,27,32)(H,30,31)(H,26,28,29). The molecular formula is C25H22N6O. The third kappa shape index (κ3) is 4.13. The van der Waals surface area contributed by atoms with Crippen LogP contribution in [0.3, 0.4) is 0 Å². The fraction of sp³-hybridized carbons (Fsp3) is 0.120. The lowest BCUT2D eigenvalue weighted by molar-refractivity contribution is 0.0949. The van der Waals surface area contributed by atoms with Crippen molar-refractivity contribution >= 4 is 16.9 Å². The van der Waals surface area contributed by atoms with E-state index in [1.807, 2.05) is 18.3 Å². The van der Waals surface area contributed by atoms with Crippen molar-refractivity contribution in [3.63, 3.8) is 0 Å². The number of amides is 1. The van der Waals surface area contributed by atoms with Gasteiger partial charge in [-0.25, -0.2) is 9.97 Å². The van der Waals surface area contributed by atoms with Gasteiger partial charge in [-0.1, -0.05) is 42.5 Å². The van der Waals surface area contributed by atoms with E-state index < -0.39 is 0 Å². The summed E-state index contributed by atoms with van der Waals surface area (Å²) in [5.41, 5.74) is 6.97. The number of carbonyl (C=O) groups excluding carboxylic acids is 1. The molecule has 32 heavy (non-hydrogen) atoms. The first-order chi connectivity index (χ1) is 15.8. The molecule has 0 radical (unpaired) electrons. The predicted octanol–water partition coefficient (Wildman–Crippen LogP) is 3.91. The molecule has 0 fully saturated rings. The van der Waals surface area contributed by atoms with E-state index in [2.05, 4.69) is 72.9 Å². The molecule has 7 heteroatoms. The van der Waals surface area contributed by atoms with Crippen LogP contribution in [0.1, 0.15) is 27.2 Å². The molecule has 0 atom stereocenters. The Kier molecular flexibility index (Phi) is 5.45. The monoisotopic (exact) mass is 422 g/mol. The molecule has 0 saturated heterocycles. The molecule has 5 aromatic rings. The van der Waals surface area contributed by atoms with Crippen LogP contribution in [-0.2, 0) is 12.8 Å². The number of nitrogens with one attached hydrogen (secondary N) is 3. The molecule has 1 amide bonds. The number of H-pyrrole nitrogens is 2. The van der Waals surface area contributed by atoms with E-state index in [0.717, 1.165) is 35.1 Å². The van der Waals surface area contributed by atoms with E-state index in [1.165, 1.54) is 16.7 Å². The molecular weight excluding hydrogens is 400 g/mol. The Morgan fingerprint density at radius 3 is 2.75 bits per heavy atom. The van der Waals surface area contributed by atoms with Crippen molar-refractivity contribution < 1.29 is 4.79 Å². The van der Waals surface area contributed by atoms with Gasteiger partial charge in [0.2, 0.25) is 0 Å². The van der Waals surface area contributed by atoms with Crippen molar-refractivity contribution in [2.75, 3.05) is 6.54 Å². The van der Waals surface area contributed by atoms with Crippen LogP contribution >= 0.6 is 0 Å². The number of benzene rings is 2. The van der Waals surface area contributed by atoms with Crippen LogP contribution in [0.4, 0.5) is 0 Å². The molecule has 158 valence electrons. The van der Waals surface area contributed by atoms with Crippen LogP contribution in [0.2, 0.25) is 0 Å². The topological polar surface area (TPSA) is 99.3 Å². The van der Waals surface area contributed by atoms with Crippen LogP contribution < -0.4 is 5.32 Å². The second-order valence-corrected chi connectivity index (χ2v) is 7.58. The zero-order valence-electron chi connectivity index (χ0n) is 17.4. The van der Waals surface area contributed by atoms with Crippen LogP contribution in [0.25, 0.3) is 22.3 Å². The Morgan fingerprint density at radius 1 is 0.969 bits per heavy atom. The molecule has 0 aliphatic rings. The SMILES string of the molecule is O=C(NCCc1ccccc1Cc1cccc(-c2ncnc3[nH]ccc23)c1)c1ccn[nH]1. The molecule has 0 aliphatic heterocycles. The second kappa shape index (κ2) is 8.85. The van der Waals surface area contributed by atoms with Gasteiger partial charge >= 0.3 is 0 Å². The first-order valence-electron chi connectivity index (χ1n) is 10.5. The zero-order chi connectivity index (χ0) is 21.8. The van der Waals surface area contributed by atoms with Crippen LogP contribution in [-0.4, -0.2) is 37.6 Å². The maximum absolute atomic E-state index is 12.1. The quantitative estimate of drug-likeness (QED) is 0.370. The van der Waals surface area contributed by atoms with Crippen LogP contribution in [0.5, 0.6) is 0 Å². The van der Waals surface area contributed by atoms with Gasteiger partial charge in [0.05, 0.1) is 5.69 Å². The third-order valence-electron chi connectivity index (χ3n) is 5.49. The molecule has 0 aliphatic carbocycles.